The van der Waals surface area contributed by atoms with Crippen LogP contribution in [0.15, 0.2) is 46.9 Å². The maximum absolute atomic E-state index is 12.9. The van der Waals surface area contributed by atoms with Crippen LogP contribution in [0.5, 0.6) is 5.75 Å². The highest BCUT2D eigenvalue weighted by Gasteiger charge is 2.31. The summed E-state index contributed by atoms with van der Waals surface area (Å²) in [6.45, 7) is 3.83. The van der Waals surface area contributed by atoms with Gasteiger partial charge in [0.05, 0.1) is 17.1 Å². The van der Waals surface area contributed by atoms with Crippen LogP contribution in [-0.4, -0.2) is 38.2 Å². The molecule has 0 aromatic heterocycles. The van der Waals surface area contributed by atoms with Gasteiger partial charge in [0.1, 0.15) is 5.75 Å². The topological polar surface area (TPSA) is 15.7 Å². The fourth-order valence-corrected chi connectivity index (χ4v) is 3.70. The molecule has 3 rings (SSSR count). The summed E-state index contributed by atoms with van der Waals surface area (Å²) in [6, 6.07) is 11.6. The van der Waals surface area contributed by atoms with E-state index in [9.17, 15) is 13.2 Å². The zero-order chi connectivity index (χ0) is 18.7. The molecule has 140 valence electrons. The number of hydrogen-bond donors (Lipinski definition) is 0. The minimum absolute atomic E-state index is 0.597. The van der Waals surface area contributed by atoms with Crippen LogP contribution in [0.4, 0.5) is 18.9 Å². The van der Waals surface area contributed by atoms with Gasteiger partial charge < -0.3 is 9.64 Å². The van der Waals surface area contributed by atoms with Crippen LogP contribution in [0, 0.1) is 0 Å². The highest BCUT2D eigenvalue weighted by atomic mass is 79.9. The van der Waals surface area contributed by atoms with E-state index in [2.05, 4.69) is 20.8 Å². The van der Waals surface area contributed by atoms with Crippen molar-refractivity contribution < 1.29 is 17.9 Å². The lowest BCUT2D eigenvalue weighted by atomic mass is 10.1. The molecule has 3 nitrogen and oxygen atoms in total. The van der Waals surface area contributed by atoms with Crippen molar-refractivity contribution in [1.82, 2.24) is 4.90 Å². The molecule has 0 unspecified atom stereocenters. The van der Waals surface area contributed by atoms with Gasteiger partial charge >= 0.3 is 6.18 Å². The van der Waals surface area contributed by atoms with E-state index in [0.717, 1.165) is 35.9 Å². The normalized spacial score (nSPS) is 16.0. The summed E-state index contributed by atoms with van der Waals surface area (Å²) in [4.78, 5) is 4.31. The predicted molar refractivity (Wildman–Crippen MR) is 99.6 cm³/mol. The Balaban J connectivity index is 1.60. The molecule has 7 heteroatoms. The Morgan fingerprint density at radius 3 is 2.38 bits per heavy atom. The number of rotatable bonds is 4. The smallest absolute Gasteiger partial charge is 0.416 e. The van der Waals surface area contributed by atoms with E-state index in [0.29, 0.717) is 18.8 Å². The number of anilines is 1. The van der Waals surface area contributed by atoms with Crippen molar-refractivity contribution in [2.24, 2.45) is 0 Å². The fraction of sp³-hybridized carbons (Fsp3) is 0.368. The molecule has 1 saturated heterocycles. The molecule has 0 bridgehead atoms. The zero-order valence-corrected chi connectivity index (χ0v) is 16.0. The molecule has 1 aliphatic heterocycles. The summed E-state index contributed by atoms with van der Waals surface area (Å²) in [5, 5.41) is 0. The average Bonchev–Trinajstić information content (AvgIpc) is 2.62. The first-order valence-corrected chi connectivity index (χ1v) is 9.13. The second-order valence-electron chi connectivity index (χ2n) is 6.28. The van der Waals surface area contributed by atoms with E-state index < -0.39 is 11.7 Å². The van der Waals surface area contributed by atoms with E-state index in [-0.39, 0.29) is 0 Å². The van der Waals surface area contributed by atoms with Crippen LogP contribution in [0.25, 0.3) is 0 Å². The number of piperazine rings is 1. The third-order valence-electron chi connectivity index (χ3n) is 4.53. The summed E-state index contributed by atoms with van der Waals surface area (Å²) >= 11 is 3.49. The first-order valence-electron chi connectivity index (χ1n) is 8.34. The Kier molecular flexibility index (Phi) is 5.77. The van der Waals surface area contributed by atoms with Crippen LogP contribution in [-0.2, 0) is 12.7 Å². The Morgan fingerprint density at radius 2 is 1.77 bits per heavy atom. The second-order valence-corrected chi connectivity index (χ2v) is 7.13. The van der Waals surface area contributed by atoms with Gasteiger partial charge in [-0.05, 0) is 51.8 Å². The van der Waals surface area contributed by atoms with Crippen molar-refractivity contribution in [3.8, 4) is 5.75 Å². The zero-order valence-electron chi connectivity index (χ0n) is 14.4. The Morgan fingerprint density at radius 1 is 1.04 bits per heavy atom. The number of nitrogens with zero attached hydrogens (tertiary/aromatic N) is 2. The van der Waals surface area contributed by atoms with Gasteiger partial charge in [0.25, 0.3) is 0 Å². The third-order valence-corrected chi connectivity index (χ3v) is 5.15. The van der Waals surface area contributed by atoms with E-state index >= 15 is 0 Å². The molecule has 2 aromatic carbocycles. The van der Waals surface area contributed by atoms with Gasteiger partial charge in [0.2, 0.25) is 0 Å². The highest BCUT2D eigenvalue weighted by Crippen LogP contribution is 2.32. The predicted octanol–water partition coefficient (Wildman–Crippen LogP) is 4.80. The molecule has 1 heterocycles. The maximum atomic E-state index is 12.9. The number of alkyl halides is 3. The highest BCUT2D eigenvalue weighted by molar-refractivity contribution is 9.10. The SMILES string of the molecule is COc1ccc(CN2CCN(c3cccc(C(F)(F)F)c3)CC2)cc1Br. The molecule has 1 aliphatic rings. The van der Waals surface area contributed by atoms with Crippen molar-refractivity contribution in [2.75, 3.05) is 38.2 Å². The van der Waals surface area contributed by atoms with Gasteiger partial charge in [-0.25, -0.2) is 0 Å². The lowest BCUT2D eigenvalue weighted by Gasteiger charge is -2.36. The van der Waals surface area contributed by atoms with Gasteiger partial charge in [0, 0.05) is 38.4 Å². The molecule has 0 N–H and O–H groups in total. The van der Waals surface area contributed by atoms with Crippen molar-refractivity contribution in [3.63, 3.8) is 0 Å². The molecule has 0 aliphatic carbocycles. The quantitative estimate of drug-likeness (QED) is 0.695. The van der Waals surface area contributed by atoms with Crippen LogP contribution < -0.4 is 9.64 Å². The lowest BCUT2D eigenvalue weighted by molar-refractivity contribution is -0.137. The fourth-order valence-electron chi connectivity index (χ4n) is 3.11. The summed E-state index contributed by atoms with van der Waals surface area (Å²) in [5.74, 6) is 0.795. The summed E-state index contributed by atoms with van der Waals surface area (Å²) in [7, 11) is 1.63. The van der Waals surface area contributed by atoms with Gasteiger partial charge in [0.15, 0.2) is 0 Å². The average molecular weight is 429 g/mol. The number of methoxy groups -OCH3 is 1. The second kappa shape index (κ2) is 7.88. The number of ether oxygens (including phenoxy) is 1. The van der Waals surface area contributed by atoms with Crippen LogP contribution in [0.3, 0.4) is 0 Å². The monoisotopic (exact) mass is 428 g/mol. The molecule has 1 fully saturated rings. The van der Waals surface area contributed by atoms with Crippen LogP contribution >= 0.6 is 15.9 Å². The van der Waals surface area contributed by atoms with E-state index in [1.54, 1.807) is 13.2 Å². The van der Waals surface area contributed by atoms with Crippen LogP contribution in [0.2, 0.25) is 0 Å². The number of hydrogen-bond acceptors (Lipinski definition) is 3. The van der Waals surface area contributed by atoms with E-state index in [1.807, 2.05) is 23.1 Å². The standard InChI is InChI=1S/C19H20BrF3N2O/c1-26-18-6-5-14(11-17(18)20)13-24-7-9-25(10-8-24)16-4-2-3-15(12-16)19(21,22)23/h2-6,11-12H,7-10,13H2,1H3. The molecule has 0 saturated carbocycles. The third kappa shape index (κ3) is 4.51. The first-order chi connectivity index (χ1) is 12.4. The van der Waals surface area contributed by atoms with Crippen molar-refractivity contribution in [1.29, 1.82) is 0 Å². The molecular formula is C19H20BrF3N2O. The van der Waals surface area contributed by atoms with Gasteiger partial charge in [-0.15, -0.1) is 0 Å². The Hall–Kier alpha value is -1.73. The molecule has 26 heavy (non-hydrogen) atoms. The van der Waals surface area contributed by atoms with E-state index in [4.69, 9.17) is 4.74 Å². The van der Waals surface area contributed by atoms with E-state index in [1.165, 1.54) is 17.7 Å². The number of benzene rings is 2. The van der Waals surface area contributed by atoms with Gasteiger partial charge in [-0.1, -0.05) is 12.1 Å². The van der Waals surface area contributed by atoms with Crippen LogP contribution in [0.1, 0.15) is 11.1 Å². The summed E-state index contributed by atoms with van der Waals surface area (Å²) in [6.07, 6.45) is -4.31. The van der Waals surface area contributed by atoms with Crippen molar-refractivity contribution >= 4 is 21.6 Å². The lowest BCUT2D eigenvalue weighted by Crippen LogP contribution is -2.46. The summed E-state index contributed by atoms with van der Waals surface area (Å²) in [5.41, 5.74) is 1.21. The Labute approximate surface area is 159 Å². The van der Waals surface area contributed by atoms with Gasteiger partial charge in [-0.3, -0.25) is 4.90 Å². The maximum Gasteiger partial charge on any atom is 0.416 e. The molecule has 2 aromatic rings. The summed E-state index contributed by atoms with van der Waals surface area (Å²) < 4.78 is 44.8. The molecule has 0 spiro atoms. The largest absolute Gasteiger partial charge is 0.496 e. The van der Waals surface area contributed by atoms with Gasteiger partial charge in [-0.2, -0.15) is 13.2 Å². The number of halogens is 4. The molecular weight excluding hydrogens is 409 g/mol. The Bertz CT molecular complexity index is 759. The molecule has 0 radical (unpaired) electrons. The minimum Gasteiger partial charge on any atom is -0.496 e. The van der Waals surface area contributed by atoms with Crippen molar-refractivity contribution in [2.45, 2.75) is 12.7 Å². The first kappa shape index (κ1) is 19.0. The molecule has 0 amide bonds. The molecule has 0 atom stereocenters. The minimum atomic E-state index is -4.31. The van der Waals surface area contributed by atoms with Crippen molar-refractivity contribution in [3.05, 3.63) is 58.1 Å².